The number of hydrogen-bond donors (Lipinski definition) is 1. The SMILES string of the molecule is O=S(=O)(Nc1cc(Cl)c(Cc2nc3ccc(Cl)cc3s2)c(Cl)c1)c1ccc(C(F)(F)F)cc1Cl. The number of anilines is 1. The fourth-order valence-electron chi connectivity index (χ4n) is 3.11. The average molecular weight is 586 g/mol. The molecule has 0 aliphatic heterocycles. The fourth-order valence-corrected chi connectivity index (χ4v) is 6.57. The minimum absolute atomic E-state index is 0.0193. The molecular formula is C21H11Cl4F3N2O2S2. The third-order valence-corrected chi connectivity index (χ3v) is 8.46. The predicted molar refractivity (Wildman–Crippen MR) is 131 cm³/mol. The Morgan fingerprint density at radius 1 is 0.912 bits per heavy atom. The Hall–Kier alpha value is -1.75. The highest BCUT2D eigenvalue weighted by atomic mass is 35.5. The number of halogens is 7. The molecule has 1 aromatic heterocycles. The van der Waals surface area contributed by atoms with E-state index in [4.69, 9.17) is 46.4 Å². The van der Waals surface area contributed by atoms with Gasteiger partial charge in [-0.15, -0.1) is 11.3 Å². The monoisotopic (exact) mass is 584 g/mol. The molecule has 0 fully saturated rings. The van der Waals surface area contributed by atoms with Gasteiger partial charge < -0.3 is 0 Å². The lowest BCUT2D eigenvalue weighted by Gasteiger charge is -2.14. The molecule has 0 amide bonds. The van der Waals surface area contributed by atoms with Crippen molar-refractivity contribution in [2.24, 2.45) is 0 Å². The summed E-state index contributed by atoms with van der Waals surface area (Å²) in [4.78, 5) is 4.00. The highest BCUT2D eigenvalue weighted by Gasteiger charge is 2.32. The topological polar surface area (TPSA) is 59.1 Å². The molecule has 1 heterocycles. The summed E-state index contributed by atoms with van der Waals surface area (Å²) in [7, 11) is -4.32. The molecule has 13 heteroatoms. The lowest BCUT2D eigenvalue weighted by atomic mass is 10.1. The zero-order valence-corrected chi connectivity index (χ0v) is 21.2. The molecule has 4 aromatic rings. The van der Waals surface area contributed by atoms with Crippen LogP contribution in [-0.2, 0) is 22.6 Å². The number of alkyl halides is 3. The second-order valence-electron chi connectivity index (χ2n) is 7.06. The third kappa shape index (κ3) is 5.40. The standard InChI is InChI=1S/C21H11Cl4F3N2O2S2/c22-11-2-3-17-18(6-11)33-20(29-17)9-13-14(23)7-12(8-15(13)24)30-34(31,32)19-4-1-10(5-16(19)25)21(26,27)28/h1-8,30H,9H2. The number of fused-ring (bicyclic) bond motifs is 1. The van der Waals surface area contributed by atoms with E-state index in [1.165, 1.54) is 23.5 Å². The van der Waals surface area contributed by atoms with Crippen LogP contribution in [0.2, 0.25) is 20.1 Å². The largest absolute Gasteiger partial charge is 0.416 e. The summed E-state index contributed by atoms with van der Waals surface area (Å²) in [5.41, 5.74) is 0.258. The molecule has 0 spiro atoms. The van der Waals surface area contributed by atoms with Crippen LogP contribution in [0.5, 0.6) is 0 Å². The Labute approximate surface area is 216 Å². The number of hydrogen-bond acceptors (Lipinski definition) is 4. The van der Waals surface area contributed by atoms with Gasteiger partial charge >= 0.3 is 6.18 Å². The number of nitrogens with one attached hydrogen (secondary N) is 1. The van der Waals surface area contributed by atoms with Crippen LogP contribution < -0.4 is 4.72 Å². The van der Waals surface area contributed by atoms with E-state index in [9.17, 15) is 21.6 Å². The van der Waals surface area contributed by atoms with E-state index in [0.29, 0.717) is 29.1 Å². The second kappa shape index (κ2) is 9.37. The Morgan fingerprint density at radius 3 is 2.21 bits per heavy atom. The maximum absolute atomic E-state index is 12.8. The number of rotatable bonds is 5. The first kappa shape index (κ1) is 25.3. The smallest absolute Gasteiger partial charge is 0.279 e. The van der Waals surface area contributed by atoms with Gasteiger partial charge in [0, 0.05) is 21.5 Å². The molecule has 178 valence electrons. The summed E-state index contributed by atoms with van der Waals surface area (Å²) in [5.74, 6) is 0. The molecule has 34 heavy (non-hydrogen) atoms. The Bertz CT molecular complexity index is 1500. The van der Waals surface area contributed by atoms with Crippen molar-refractivity contribution in [3.63, 3.8) is 0 Å². The minimum Gasteiger partial charge on any atom is -0.279 e. The van der Waals surface area contributed by atoms with Crippen molar-refractivity contribution >= 4 is 83.7 Å². The van der Waals surface area contributed by atoms with Gasteiger partial charge in [-0.1, -0.05) is 46.4 Å². The van der Waals surface area contributed by atoms with Crippen LogP contribution in [0.4, 0.5) is 18.9 Å². The fraction of sp³-hybridized carbons (Fsp3) is 0.0952. The maximum Gasteiger partial charge on any atom is 0.416 e. The van der Waals surface area contributed by atoms with Gasteiger partial charge in [0.05, 0.1) is 31.5 Å². The van der Waals surface area contributed by atoms with Crippen molar-refractivity contribution in [1.29, 1.82) is 0 Å². The molecule has 0 atom stereocenters. The molecule has 0 aliphatic carbocycles. The van der Waals surface area contributed by atoms with E-state index in [2.05, 4.69) is 9.71 Å². The molecule has 0 radical (unpaired) electrons. The van der Waals surface area contributed by atoms with Gasteiger partial charge in [0.2, 0.25) is 0 Å². The summed E-state index contributed by atoms with van der Waals surface area (Å²) < 4.78 is 67.1. The molecule has 0 bridgehead atoms. The van der Waals surface area contributed by atoms with E-state index < -0.39 is 31.7 Å². The van der Waals surface area contributed by atoms with Crippen LogP contribution in [-0.4, -0.2) is 13.4 Å². The van der Waals surface area contributed by atoms with Crippen molar-refractivity contribution < 1.29 is 21.6 Å². The maximum atomic E-state index is 12.8. The van der Waals surface area contributed by atoms with E-state index in [0.717, 1.165) is 21.3 Å². The quantitative estimate of drug-likeness (QED) is 0.256. The predicted octanol–water partition coefficient (Wildman–Crippen LogP) is 8.32. The Balaban J connectivity index is 1.60. The number of thiazole rings is 1. The highest BCUT2D eigenvalue weighted by Crippen LogP contribution is 2.36. The van der Waals surface area contributed by atoms with E-state index in [-0.39, 0.29) is 15.7 Å². The molecule has 0 aliphatic rings. The van der Waals surface area contributed by atoms with Gasteiger partial charge in [-0.3, -0.25) is 4.72 Å². The first-order chi connectivity index (χ1) is 15.8. The summed E-state index contributed by atoms with van der Waals surface area (Å²) in [6, 6.07) is 9.99. The summed E-state index contributed by atoms with van der Waals surface area (Å²) in [6.07, 6.45) is -4.36. The van der Waals surface area contributed by atoms with Crippen molar-refractivity contribution in [1.82, 2.24) is 4.98 Å². The number of sulfonamides is 1. The summed E-state index contributed by atoms with van der Waals surface area (Å²) in [6.45, 7) is 0. The molecule has 3 aromatic carbocycles. The van der Waals surface area contributed by atoms with Crippen LogP contribution in [0, 0.1) is 0 Å². The molecule has 0 unspecified atom stereocenters. The zero-order valence-electron chi connectivity index (χ0n) is 16.6. The molecule has 4 rings (SSSR count). The summed E-state index contributed by atoms with van der Waals surface area (Å²) >= 11 is 26.0. The normalized spacial score (nSPS) is 12.3. The van der Waals surface area contributed by atoms with Gasteiger partial charge in [0.25, 0.3) is 10.0 Å². The Morgan fingerprint density at radius 2 is 1.59 bits per heavy atom. The second-order valence-corrected chi connectivity index (χ2v) is 11.5. The van der Waals surface area contributed by atoms with Crippen LogP contribution in [0.25, 0.3) is 10.2 Å². The van der Waals surface area contributed by atoms with E-state index >= 15 is 0 Å². The lowest BCUT2D eigenvalue weighted by molar-refractivity contribution is -0.137. The number of benzene rings is 3. The molecule has 0 saturated carbocycles. The molecule has 1 N–H and O–H groups in total. The molecule has 4 nitrogen and oxygen atoms in total. The lowest BCUT2D eigenvalue weighted by Crippen LogP contribution is -2.14. The van der Waals surface area contributed by atoms with Gasteiger partial charge in [0.1, 0.15) is 4.90 Å². The van der Waals surface area contributed by atoms with Crippen molar-refractivity contribution in [3.8, 4) is 0 Å². The van der Waals surface area contributed by atoms with Crippen LogP contribution >= 0.6 is 57.7 Å². The van der Waals surface area contributed by atoms with Gasteiger partial charge in [-0.2, -0.15) is 13.2 Å². The van der Waals surface area contributed by atoms with Crippen molar-refractivity contribution in [2.45, 2.75) is 17.5 Å². The molecular weight excluding hydrogens is 575 g/mol. The molecule has 0 saturated heterocycles. The first-order valence-electron chi connectivity index (χ1n) is 9.26. The number of nitrogens with zero attached hydrogens (tertiary/aromatic N) is 1. The summed E-state index contributed by atoms with van der Waals surface area (Å²) in [5, 5.41) is 1.10. The zero-order chi connectivity index (χ0) is 24.8. The van der Waals surface area contributed by atoms with Gasteiger partial charge in [-0.05, 0) is 54.1 Å². The van der Waals surface area contributed by atoms with Crippen molar-refractivity contribution in [3.05, 3.63) is 84.8 Å². The van der Waals surface area contributed by atoms with Crippen LogP contribution in [0.15, 0.2) is 53.4 Å². The number of aromatic nitrogens is 1. The minimum atomic E-state index is -4.66. The van der Waals surface area contributed by atoms with Crippen LogP contribution in [0.3, 0.4) is 0 Å². The van der Waals surface area contributed by atoms with Crippen molar-refractivity contribution in [2.75, 3.05) is 4.72 Å². The highest BCUT2D eigenvalue weighted by molar-refractivity contribution is 7.92. The Kier molecular flexibility index (Phi) is 6.98. The van der Waals surface area contributed by atoms with Gasteiger partial charge in [0.15, 0.2) is 0 Å². The van der Waals surface area contributed by atoms with Crippen LogP contribution in [0.1, 0.15) is 16.1 Å². The first-order valence-corrected chi connectivity index (χ1v) is 13.1. The van der Waals surface area contributed by atoms with E-state index in [1.807, 2.05) is 0 Å². The van der Waals surface area contributed by atoms with E-state index in [1.54, 1.807) is 18.2 Å². The third-order valence-electron chi connectivity index (χ3n) is 4.66. The van der Waals surface area contributed by atoms with Gasteiger partial charge in [-0.25, -0.2) is 13.4 Å². The average Bonchev–Trinajstić information content (AvgIpc) is 3.11.